The number of ether oxygens (including phenoxy) is 1. The first kappa shape index (κ1) is 22.4. The Bertz CT molecular complexity index is 1180. The second kappa shape index (κ2) is 9.46. The fourth-order valence-corrected chi connectivity index (χ4v) is 6.29. The second-order valence-corrected chi connectivity index (χ2v) is 9.52. The Hall–Kier alpha value is -3.39. The molecule has 2 aliphatic rings. The van der Waals surface area contributed by atoms with Gasteiger partial charge in [-0.1, -0.05) is 55.0 Å². The Labute approximate surface area is 202 Å². The van der Waals surface area contributed by atoms with E-state index >= 15 is 0 Å². The molecular formula is C26H27N3O4S. The van der Waals surface area contributed by atoms with Gasteiger partial charge in [0.2, 0.25) is 0 Å². The molecule has 0 saturated heterocycles. The zero-order valence-corrected chi connectivity index (χ0v) is 19.8. The fourth-order valence-electron chi connectivity index (χ4n) is 5.39. The summed E-state index contributed by atoms with van der Waals surface area (Å²) in [4.78, 5) is 33.3. The number of hydrogen-bond acceptors (Lipinski definition) is 6. The van der Waals surface area contributed by atoms with Crippen molar-refractivity contribution in [2.45, 2.75) is 44.9 Å². The van der Waals surface area contributed by atoms with Crippen molar-refractivity contribution in [3.05, 3.63) is 76.8 Å². The fraction of sp³-hybridized carbons (Fsp3) is 0.346. The van der Waals surface area contributed by atoms with E-state index < -0.39 is 5.97 Å². The van der Waals surface area contributed by atoms with E-state index in [1.165, 1.54) is 11.3 Å². The van der Waals surface area contributed by atoms with Crippen LogP contribution in [0.4, 0.5) is 15.6 Å². The normalized spacial score (nSPS) is 21.0. The first-order valence-corrected chi connectivity index (χ1v) is 12.5. The lowest BCUT2D eigenvalue weighted by atomic mass is 9.82. The monoisotopic (exact) mass is 477 g/mol. The summed E-state index contributed by atoms with van der Waals surface area (Å²) in [5.74, 6) is -0.815. The first-order chi connectivity index (χ1) is 16.6. The van der Waals surface area contributed by atoms with Gasteiger partial charge in [-0.3, -0.25) is 4.90 Å². The summed E-state index contributed by atoms with van der Waals surface area (Å²) in [6.45, 7) is 2.99. The molecule has 1 aliphatic heterocycles. The molecule has 0 spiro atoms. The number of carboxylic acid groups (broad SMARTS) is 1. The molecule has 1 N–H and O–H groups in total. The summed E-state index contributed by atoms with van der Waals surface area (Å²) in [5, 5.41) is 11.7. The summed E-state index contributed by atoms with van der Waals surface area (Å²) in [6, 6.07) is 17.7. The van der Waals surface area contributed by atoms with Gasteiger partial charge < -0.3 is 14.7 Å². The van der Waals surface area contributed by atoms with Gasteiger partial charge in [0.05, 0.1) is 11.7 Å². The number of thiazole rings is 1. The van der Waals surface area contributed by atoms with Crippen molar-refractivity contribution in [1.82, 2.24) is 4.98 Å². The number of benzene rings is 2. The molecule has 8 heteroatoms. The molecule has 2 heterocycles. The van der Waals surface area contributed by atoms with Gasteiger partial charge in [0, 0.05) is 23.9 Å². The number of nitrogens with zero attached hydrogens (tertiary/aromatic N) is 3. The highest BCUT2D eigenvalue weighted by Crippen LogP contribution is 2.51. The van der Waals surface area contributed by atoms with E-state index in [1.807, 2.05) is 53.4 Å². The predicted octanol–water partition coefficient (Wildman–Crippen LogP) is 5.73. The van der Waals surface area contributed by atoms with Crippen LogP contribution in [-0.4, -0.2) is 34.7 Å². The molecule has 1 amide bonds. The Morgan fingerprint density at radius 1 is 1.15 bits per heavy atom. The van der Waals surface area contributed by atoms with Crippen LogP contribution in [-0.2, 0) is 11.3 Å². The van der Waals surface area contributed by atoms with Crippen molar-refractivity contribution in [2.75, 3.05) is 16.3 Å². The van der Waals surface area contributed by atoms with E-state index in [1.54, 1.807) is 5.38 Å². The molecular weight excluding hydrogens is 450 g/mol. The summed E-state index contributed by atoms with van der Waals surface area (Å²) in [5.41, 5.74) is 2.94. The third-order valence-corrected chi connectivity index (χ3v) is 7.70. The lowest BCUT2D eigenvalue weighted by molar-refractivity contribution is 0.0691. The lowest BCUT2D eigenvalue weighted by Crippen LogP contribution is -2.51. The van der Waals surface area contributed by atoms with Crippen LogP contribution in [0.1, 0.15) is 53.8 Å². The van der Waals surface area contributed by atoms with E-state index in [0.29, 0.717) is 11.7 Å². The molecule has 0 bridgehead atoms. The Morgan fingerprint density at radius 3 is 2.65 bits per heavy atom. The molecule has 7 nitrogen and oxygen atoms in total. The SMILES string of the molecule is CCN(c1nc(C(=O)O)cs1)[C@H]1c2ccccc2N(C(=O)OCc2ccccc2)[C@H]2CCC[C@@H]12. The molecule has 3 aromatic rings. The van der Waals surface area contributed by atoms with Gasteiger partial charge in [0.1, 0.15) is 6.61 Å². The van der Waals surface area contributed by atoms with Crippen molar-refractivity contribution >= 4 is 34.2 Å². The van der Waals surface area contributed by atoms with E-state index in [-0.39, 0.29) is 36.4 Å². The van der Waals surface area contributed by atoms with Crippen molar-refractivity contribution in [1.29, 1.82) is 0 Å². The number of aromatic carboxylic acids is 1. The van der Waals surface area contributed by atoms with Crippen LogP contribution < -0.4 is 9.80 Å². The summed E-state index contributed by atoms with van der Waals surface area (Å²) in [7, 11) is 0. The highest BCUT2D eigenvalue weighted by atomic mass is 32.1. The van der Waals surface area contributed by atoms with Crippen LogP contribution in [0, 0.1) is 5.92 Å². The third kappa shape index (κ3) is 4.03. The van der Waals surface area contributed by atoms with Gasteiger partial charge in [0.15, 0.2) is 10.8 Å². The molecule has 1 aromatic heterocycles. The predicted molar refractivity (Wildman–Crippen MR) is 132 cm³/mol. The largest absolute Gasteiger partial charge is 0.476 e. The van der Waals surface area contributed by atoms with Gasteiger partial charge in [-0.25, -0.2) is 14.6 Å². The number of fused-ring (bicyclic) bond motifs is 2. The average molecular weight is 478 g/mol. The van der Waals surface area contributed by atoms with Crippen molar-refractivity contribution < 1.29 is 19.4 Å². The number of rotatable bonds is 6. The average Bonchev–Trinajstić information content (AvgIpc) is 3.54. The molecule has 176 valence electrons. The number of carbonyl (C=O) groups is 2. The first-order valence-electron chi connectivity index (χ1n) is 11.6. The number of hydrogen-bond donors (Lipinski definition) is 1. The van der Waals surface area contributed by atoms with Crippen LogP contribution in [0.5, 0.6) is 0 Å². The molecule has 2 aromatic carbocycles. The minimum absolute atomic E-state index is 0.0136. The maximum absolute atomic E-state index is 13.4. The second-order valence-electron chi connectivity index (χ2n) is 8.68. The van der Waals surface area contributed by atoms with E-state index in [2.05, 4.69) is 22.9 Å². The van der Waals surface area contributed by atoms with Crippen LogP contribution in [0.3, 0.4) is 0 Å². The number of aromatic nitrogens is 1. The smallest absolute Gasteiger partial charge is 0.414 e. The van der Waals surface area contributed by atoms with Gasteiger partial charge in [-0.2, -0.15) is 0 Å². The number of para-hydroxylation sites is 1. The molecule has 1 fully saturated rings. The molecule has 0 radical (unpaired) electrons. The topological polar surface area (TPSA) is 83.0 Å². The number of carboxylic acids is 1. The molecule has 34 heavy (non-hydrogen) atoms. The van der Waals surface area contributed by atoms with Crippen molar-refractivity contribution in [3.63, 3.8) is 0 Å². The molecule has 3 atom stereocenters. The molecule has 0 unspecified atom stereocenters. The molecule has 5 rings (SSSR count). The standard InChI is InChI=1S/C26H27N3O4S/c1-2-28(25-27-20(16-34-25)24(30)31)23-18-11-6-7-13-21(18)29(22-14-8-12-19(22)23)26(32)33-15-17-9-4-3-5-10-17/h3-7,9-11,13,16,19,22-23H,2,8,12,14-15H2,1H3,(H,30,31)/t19-,22+,23+/m1/s1. The van der Waals surface area contributed by atoms with E-state index in [0.717, 1.165) is 36.1 Å². The molecule has 1 aliphatic carbocycles. The minimum atomic E-state index is -1.02. The minimum Gasteiger partial charge on any atom is -0.476 e. The number of anilines is 2. The number of amides is 1. The van der Waals surface area contributed by atoms with Gasteiger partial charge in [0.25, 0.3) is 0 Å². The highest BCUT2D eigenvalue weighted by molar-refractivity contribution is 7.13. The Kier molecular flexibility index (Phi) is 6.24. The van der Waals surface area contributed by atoms with Crippen molar-refractivity contribution in [3.8, 4) is 0 Å². The van der Waals surface area contributed by atoms with Crippen LogP contribution in [0.2, 0.25) is 0 Å². The summed E-state index contributed by atoms with van der Waals surface area (Å²) in [6.07, 6.45) is 2.60. The number of carbonyl (C=O) groups excluding carboxylic acids is 1. The van der Waals surface area contributed by atoms with Crippen LogP contribution in [0.15, 0.2) is 60.0 Å². The Morgan fingerprint density at radius 2 is 1.91 bits per heavy atom. The van der Waals surface area contributed by atoms with Gasteiger partial charge in [-0.15, -0.1) is 11.3 Å². The Balaban J connectivity index is 1.49. The summed E-state index contributed by atoms with van der Waals surface area (Å²) >= 11 is 1.35. The quantitative estimate of drug-likeness (QED) is 0.488. The van der Waals surface area contributed by atoms with E-state index in [4.69, 9.17) is 4.74 Å². The zero-order valence-electron chi connectivity index (χ0n) is 19.0. The summed E-state index contributed by atoms with van der Waals surface area (Å²) < 4.78 is 5.77. The lowest BCUT2D eigenvalue weighted by Gasteiger charge is -2.46. The molecule has 1 saturated carbocycles. The zero-order chi connectivity index (χ0) is 23.7. The van der Waals surface area contributed by atoms with Gasteiger partial charge in [-0.05, 0) is 37.0 Å². The van der Waals surface area contributed by atoms with Crippen molar-refractivity contribution in [2.24, 2.45) is 5.92 Å². The maximum atomic E-state index is 13.4. The van der Waals surface area contributed by atoms with Crippen LogP contribution in [0.25, 0.3) is 0 Å². The maximum Gasteiger partial charge on any atom is 0.414 e. The van der Waals surface area contributed by atoms with E-state index in [9.17, 15) is 14.7 Å². The third-order valence-electron chi connectivity index (χ3n) is 6.82. The van der Waals surface area contributed by atoms with Crippen LogP contribution >= 0.6 is 11.3 Å². The highest BCUT2D eigenvalue weighted by Gasteiger charge is 2.48. The van der Waals surface area contributed by atoms with Gasteiger partial charge >= 0.3 is 12.1 Å².